The number of amides is 1. The molecule has 1 aliphatic heterocycles. The fourth-order valence-electron chi connectivity index (χ4n) is 1.51. The highest BCUT2D eigenvalue weighted by molar-refractivity contribution is 5.72. The third-order valence-electron chi connectivity index (χ3n) is 2.51. The summed E-state index contributed by atoms with van der Waals surface area (Å²) in [5.74, 6) is 0.160. The molecule has 1 atom stereocenters. The SMILES string of the molecule is CC.CC.CC(=O)N(C)CCC1CCCN1. The van der Waals surface area contributed by atoms with E-state index in [1.807, 2.05) is 34.7 Å². The maximum Gasteiger partial charge on any atom is 0.219 e. The van der Waals surface area contributed by atoms with Crippen LogP contribution in [0.3, 0.4) is 0 Å². The summed E-state index contributed by atoms with van der Waals surface area (Å²) >= 11 is 0. The smallest absolute Gasteiger partial charge is 0.219 e. The third-order valence-corrected chi connectivity index (χ3v) is 2.51. The van der Waals surface area contributed by atoms with E-state index in [-0.39, 0.29) is 5.91 Å². The minimum absolute atomic E-state index is 0.160. The molecule has 1 fully saturated rings. The topological polar surface area (TPSA) is 32.3 Å². The van der Waals surface area contributed by atoms with E-state index >= 15 is 0 Å². The molecular weight excluding hydrogens is 200 g/mol. The summed E-state index contributed by atoms with van der Waals surface area (Å²) in [5, 5.41) is 3.41. The van der Waals surface area contributed by atoms with Gasteiger partial charge in [-0.05, 0) is 25.8 Å². The molecule has 0 aliphatic carbocycles. The second-order valence-electron chi connectivity index (χ2n) is 3.52. The quantitative estimate of drug-likeness (QED) is 0.808. The average Bonchev–Trinajstić information content (AvgIpc) is 2.84. The summed E-state index contributed by atoms with van der Waals surface area (Å²) in [7, 11) is 1.86. The molecule has 0 saturated carbocycles. The lowest BCUT2D eigenvalue weighted by Crippen LogP contribution is -2.30. The maximum atomic E-state index is 10.9. The highest BCUT2D eigenvalue weighted by Crippen LogP contribution is 2.08. The molecule has 3 heteroatoms. The van der Waals surface area contributed by atoms with Crippen LogP contribution in [0.5, 0.6) is 0 Å². The second-order valence-corrected chi connectivity index (χ2v) is 3.52. The number of hydrogen-bond donors (Lipinski definition) is 1. The van der Waals surface area contributed by atoms with Gasteiger partial charge in [-0.25, -0.2) is 0 Å². The zero-order valence-electron chi connectivity index (χ0n) is 12.0. The molecule has 0 aromatic rings. The van der Waals surface area contributed by atoms with Gasteiger partial charge in [-0.3, -0.25) is 4.79 Å². The van der Waals surface area contributed by atoms with E-state index in [2.05, 4.69) is 5.32 Å². The van der Waals surface area contributed by atoms with Crippen LogP contribution in [0.2, 0.25) is 0 Å². The predicted octanol–water partition coefficient (Wildman–Crippen LogP) is 2.66. The van der Waals surface area contributed by atoms with E-state index in [4.69, 9.17) is 0 Å². The van der Waals surface area contributed by atoms with Gasteiger partial charge >= 0.3 is 0 Å². The van der Waals surface area contributed by atoms with Crippen LogP contribution in [-0.4, -0.2) is 37.0 Å². The van der Waals surface area contributed by atoms with Crippen LogP contribution < -0.4 is 5.32 Å². The third kappa shape index (κ3) is 8.72. The minimum Gasteiger partial charge on any atom is -0.346 e. The van der Waals surface area contributed by atoms with E-state index < -0.39 is 0 Å². The highest BCUT2D eigenvalue weighted by atomic mass is 16.2. The summed E-state index contributed by atoms with van der Waals surface area (Å²) in [4.78, 5) is 12.6. The first-order chi connectivity index (χ1) is 7.70. The van der Waals surface area contributed by atoms with Gasteiger partial charge < -0.3 is 10.2 Å². The van der Waals surface area contributed by atoms with E-state index in [1.165, 1.54) is 12.8 Å². The van der Waals surface area contributed by atoms with Crippen molar-refractivity contribution in [3.63, 3.8) is 0 Å². The van der Waals surface area contributed by atoms with E-state index in [1.54, 1.807) is 11.8 Å². The molecule has 1 rings (SSSR count). The Hall–Kier alpha value is -0.570. The molecule has 0 aromatic heterocycles. The van der Waals surface area contributed by atoms with Gasteiger partial charge in [0, 0.05) is 26.6 Å². The second kappa shape index (κ2) is 12.5. The number of carbonyl (C=O) groups is 1. The van der Waals surface area contributed by atoms with E-state index in [0.29, 0.717) is 6.04 Å². The Morgan fingerprint density at radius 1 is 1.31 bits per heavy atom. The molecule has 1 amide bonds. The van der Waals surface area contributed by atoms with Gasteiger partial charge in [0.2, 0.25) is 5.91 Å². The number of carbonyl (C=O) groups excluding carboxylic acids is 1. The average molecular weight is 230 g/mol. The fourth-order valence-corrected chi connectivity index (χ4v) is 1.51. The van der Waals surface area contributed by atoms with Crippen molar-refractivity contribution in [3.8, 4) is 0 Å². The number of rotatable bonds is 3. The normalized spacial score (nSPS) is 17.8. The fraction of sp³-hybridized carbons (Fsp3) is 0.923. The van der Waals surface area contributed by atoms with Crippen molar-refractivity contribution in [1.82, 2.24) is 10.2 Å². The van der Waals surface area contributed by atoms with Crippen LogP contribution in [0.15, 0.2) is 0 Å². The van der Waals surface area contributed by atoms with Crippen LogP contribution in [-0.2, 0) is 4.79 Å². The van der Waals surface area contributed by atoms with Crippen LogP contribution >= 0.6 is 0 Å². The van der Waals surface area contributed by atoms with Gasteiger partial charge in [0.05, 0.1) is 0 Å². The van der Waals surface area contributed by atoms with Gasteiger partial charge in [0.1, 0.15) is 0 Å². The summed E-state index contributed by atoms with van der Waals surface area (Å²) in [6, 6.07) is 0.645. The van der Waals surface area contributed by atoms with Crippen molar-refractivity contribution < 1.29 is 4.79 Å². The molecule has 3 nitrogen and oxygen atoms in total. The molecule has 0 radical (unpaired) electrons. The first-order valence-corrected chi connectivity index (χ1v) is 6.65. The van der Waals surface area contributed by atoms with E-state index in [0.717, 1.165) is 19.5 Å². The molecular formula is C13H30N2O. The Labute approximate surface area is 102 Å². The molecule has 1 N–H and O–H groups in total. The Balaban J connectivity index is 0. The molecule has 0 spiro atoms. The van der Waals surface area contributed by atoms with Crippen LogP contribution in [0.1, 0.15) is 53.9 Å². The Morgan fingerprint density at radius 2 is 1.88 bits per heavy atom. The van der Waals surface area contributed by atoms with Crippen molar-refractivity contribution >= 4 is 5.91 Å². The van der Waals surface area contributed by atoms with Gasteiger partial charge in [-0.2, -0.15) is 0 Å². The largest absolute Gasteiger partial charge is 0.346 e. The van der Waals surface area contributed by atoms with Crippen molar-refractivity contribution in [3.05, 3.63) is 0 Å². The molecule has 98 valence electrons. The van der Waals surface area contributed by atoms with Gasteiger partial charge in [-0.15, -0.1) is 0 Å². The minimum atomic E-state index is 0.160. The van der Waals surface area contributed by atoms with Crippen LogP contribution in [0.25, 0.3) is 0 Å². The van der Waals surface area contributed by atoms with Crippen molar-refractivity contribution in [2.24, 2.45) is 0 Å². The van der Waals surface area contributed by atoms with Gasteiger partial charge in [0.25, 0.3) is 0 Å². The predicted molar refractivity (Wildman–Crippen MR) is 71.6 cm³/mol. The highest BCUT2D eigenvalue weighted by Gasteiger charge is 2.14. The summed E-state index contributed by atoms with van der Waals surface area (Å²) in [5.41, 5.74) is 0. The monoisotopic (exact) mass is 230 g/mol. The van der Waals surface area contributed by atoms with Crippen molar-refractivity contribution in [2.75, 3.05) is 20.1 Å². The molecule has 0 bridgehead atoms. The summed E-state index contributed by atoms with van der Waals surface area (Å²) in [6.45, 7) is 11.6. The molecule has 1 saturated heterocycles. The number of hydrogen-bond acceptors (Lipinski definition) is 2. The number of nitrogens with zero attached hydrogens (tertiary/aromatic N) is 1. The van der Waals surface area contributed by atoms with Crippen molar-refractivity contribution in [1.29, 1.82) is 0 Å². The molecule has 1 unspecified atom stereocenters. The lowest BCUT2D eigenvalue weighted by atomic mass is 10.1. The Morgan fingerprint density at radius 3 is 2.25 bits per heavy atom. The van der Waals surface area contributed by atoms with Crippen LogP contribution in [0.4, 0.5) is 0 Å². The van der Waals surface area contributed by atoms with E-state index in [9.17, 15) is 4.79 Å². The first-order valence-electron chi connectivity index (χ1n) is 6.65. The zero-order chi connectivity index (χ0) is 13.0. The van der Waals surface area contributed by atoms with Gasteiger partial charge in [-0.1, -0.05) is 27.7 Å². The molecule has 16 heavy (non-hydrogen) atoms. The lowest BCUT2D eigenvalue weighted by Gasteiger charge is -2.17. The summed E-state index contributed by atoms with van der Waals surface area (Å²) in [6.07, 6.45) is 3.65. The molecule has 1 aliphatic rings. The summed E-state index contributed by atoms with van der Waals surface area (Å²) < 4.78 is 0. The lowest BCUT2D eigenvalue weighted by molar-refractivity contribution is -0.127. The molecule has 0 aromatic carbocycles. The zero-order valence-corrected chi connectivity index (χ0v) is 12.0. The first kappa shape index (κ1) is 17.8. The molecule has 1 heterocycles. The van der Waals surface area contributed by atoms with Gasteiger partial charge in [0.15, 0.2) is 0 Å². The Bertz CT molecular complexity index is 154. The maximum absolute atomic E-state index is 10.9. The van der Waals surface area contributed by atoms with Crippen LogP contribution in [0, 0.1) is 0 Å². The van der Waals surface area contributed by atoms with Crippen molar-refractivity contribution in [2.45, 2.75) is 59.9 Å². The Kier molecular flexibility index (Phi) is 13.9. The standard InChI is InChI=1S/C9H18N2O.2C2H6/c1-8(12)11(2)7-5-9-4-3-6-10-9;2*1-2/h9-10H,3-7H2,1-2H3;2*1-2H3. The number of nitrogens with one attached hydrogen (secondary N) is 1.